The Hall–Kier alpha value is -2.40. The molecule has 0 saturated carbocycles. The van der Waals surface area contributed by atoms with Crippen LogP contribution in [0.15, 0.2) is 42.6 Å². The molecule has 0 spiro atoms. The summed E-state index contributed by atoms with van der Waals surface area (Å²) in [5, 5.41) is 8.64. The number of benzene rings is 2. The van der Waals surface area contributed by atoms with E-state index >= 15 is 0 Å². The van der Waals surface area contributed by atoms with Gasteiger partial charge in [-0.15, -0.1) is 5.10 Å². The molecule has 0 unspecified atom stereocenters. The summed E-state index contributed by atoms with van der Waals surface area (Å²) in [5.74, 6) is -0.243. The summed E-state index contributed by atoms with van der Waals surface area (Å²) in [5.41, 5.74) is 8.94. The molecule has 3 aromatic rings. The third-order valence-corrected chi connectivity index (χ3v) is 3.47. The molecule has 1 heterocycles. The average molecular weight is 303 g/mol. The number of nitrogens with zero attached hydrogens (tertiary/aromatic N) is 3. The van der Waals surface area contributed by atoms with Gasteiger partial charge in [-0.3, -0.25) is 0 Å². The van der Waals surface area contributed by atoms with Crippen LogP contribution in [0, 0.1) is 12.7 Å². The third kappa shape index (κ3) is 2.60. The lowest BCUT2D eigenvalue weighted by Gasteiger charge is -2.03. The average Bonchev–Trinajstić information content (AvgIpc) is 2.91. The molecule has 0 aliphatic heterocycles. The molecule has 0 amide bonds. The summed E-state index contributed by atoms with van der Waals surface area (Å²) in [4.78, 5) is 0. The topological polar surface area (TPSA) is 56.7 Å². The molecule has 0 atom stereocenters. The number of halogens is 2. The molecule has 106 valence electrons. The molecule has 21 heavy (non-hydrogen) atoms. The van der Waals surface area contributed by atoms with Crippen LogP contribution in [0.25, 0.3) is 16.9 Å². The Bertz CT molecular complexity index is 813. The van der Waals surface area contributed by atoms with Crippen LogP contribution in [-0.2, 0) is 0 Å². The van der Waals surface area contributed by atoms with Crippen LogP contribution < -0.4 is 5.73 Å². The van der Waals surface area contributed by atoms with Gasteiger partial charge in [-0.05, 0) is 48.9 Å². The second-order valence-corrected chi connectivity index (χ2v) is 5.13. The molecule has 1 aromatic heterocycles. The first-order valence-corrected chi connectivity index (χ1v) is 6.66. The predicted molar refractivity (Wildman–Crippen MR) is 80.9 cm³/mol. The first-order chi connectivity index (χ1) is 10.0. The van der Waals surface area contributed by atoms with Gasteiger partial charge in [-0.1, -0.05) is 16.8 Å². The number of aromatic nitrogens is 3. The molecule has 0 aliphatic carbocycles. The minimum atomic E-state index is -0.243. The van der Waals surface area contributed by atoms with E-state index in [0.29, 0.717) is 27.7 Å². The van der Waals surface area contributed by atoms with Crippen molar-refractivity contribution in [3.8, 4) is 16.9 Å². The minimum Gasteiger partial charge on any atom is -0.399 e. The molecule has 0 aliphatic rings. The number of anilines is 1. The highest BCUT2D eigenvalue weighted by Crippen LogP contribution is 2.25. The number of hydrogen-bond donors (Lipinski definition) is 1. The largest absolute Gasteiger partial charge is 0.399 e. The van der Waals surface area contributed by atoms with Crippen molar-refractivity contribution in [3.05, 3.63) is 59.0 Å². The van der Waals surface area contributed by atoms with E-state index in [-0.39, 0.29) is 5.82 Å². The number of aryl methyl sites for hydroxylation is 1. The van der Waals surface area contributed by atoms with Gasteiger partial charge in [0.05, 0.1) is 16.9 Å². The van der Waals surface area contributed by atoms with Gasteiger partial charge in [0, 0.05) is 11.3 Å². The zero-order valence-corrected chi connectivity index (χ0v) is 12.0. The smallest absolute Gasteiger partial charge is 0.126 e. The van der Waals surface area contributed by atoms with Gasteiger partial charge in [-0.2, -0.15) is 0 Å². The maximum absolute atomic E-state index is 13.3. The fourth-order valence-corrected chi connectivity index (χ4v) is 2.30. The van der Waals surface area contributed by atoms with Crippen molar-refractivity contribution in [1.29, 1.82) is 0 Å². The lowest BCUT2D eigenvalue weighted by Crippen LogP contribution is -1.96. The Morgan fingerprint density at radius 2 is 2.00 bits per heavy atom. The summed E-state index contributed by atoms with van der Waals surface area (Å²) in [7, 11) is 0. The molecule has 6 heteroatoms. The van der Waals surface area contributed by atoms with E-state index in [1.165, 1.54) is 6.07 Å². The molecular weight excluding hydrogens is 291 g/mol. The highest BCUT2D eigenvalue weighted by molar-refractivity contribution is 6.32. The second-order valence-electron chi connectivity index (χ2n) is 4.72. The van der Waals surface area contributed by atoms with Gasteiger partial charge in [0.25, 0.3) is 0 Å². The zero-order valence-electron chi connectivity index (χ0n) is 11.2. The third-order valence-electron chi connectivity index (χ3n) is 3.17. The molecule has 2 N–H and O–H groups in total. The van der Waals surface area contributed by atoms with Crippen LogP contribution in [0.2, 0.25) is 5.02 Å². The first kappa shape index (κ1) is 13.6. The van der Waals surface area contributed by atoms with Crippen molar-refractivity contribution in [1.82, 2.24) is 15.0 Å². The van der Waals surface area contributed by atoms with Gasteiger partial charge in [0.2, 0.25) is 0 Å². The van der Waals surface area contributed by atoms with E-state index in [0.717, 1.165) is 5.56 Å². The normalized spacial score (nSPS) is 10.8. The van der Waals surface area contributed by atoms with Gasteiger partial charge in [0.15, 0.2) is 0 Å². The molecule has 2 aromatic carbocycles. The van der Waals surface area contributed by atoms with E-state index in [9.17, 15) is 4.39 Å². The summed E-state index contributed by atoms with van der Waals surface area (Å²) in [6.45, 7) is 1.71. The molecule has 0 saturated heterocycles. The standard InChI is InChI=1S/C15H12ClFN4/c1-9-6-10(2-4-13(9)17)14-8-21(20-19-14)15-5-3-11(18)7-12(15)16/h2-8H,18H2,1H3. The summed E-state index contributed by atoms with van der Waals surface area (Å²) in [6.07, 6.45) is 1.74. The highest BCUT2D eigenvalue weighted by Gasteiger charge is 2.09. The molecule has 0 radical (unpaired) electrons. The summed E-state index contributed by atoms with van der Waals surface area (Å²) < 4.78 is 14.9. The van der Waals surface area contributed by atoms with Gasteiger partial charge >= 0.3 is 0 Å². The Morgan fingerprint density at radius 1 is 1.19 bits per heavy atom. The second kappa shape index (κ2) is 5.18. The highest BCUT2D eigenvalue weighted by atomic mass is 35.5. The summed E-state index contributed by atoms with van der Waals surface area (Å²) in [6, 6.07) is 9.98. The lowest BCUT2D eigenvalue weighted by molar-refractivity contribution is 0.619. The van der Waals surface area contributed by atoms with Gasteiger partial charge in [0.1, 0.15) is 11.5 Å². The van der Waals surface area contributed by atoms with Crippen molar-refractivity contribution >= 4 is 17.3 Å². The molecule has 3 rings (SSSR count). The number of hydrogen-bond acceptors (Lipinski definition) is 3. The maximum Gasteiger partial charge on any atom is 0.126 e. The van der Waals surface area contributed by atoms with Crippen molar-refractivity contribution in [3.63, 3.8) is 0 Å². The number of nitrogens with two attached hydrogens (primary N) is 1. The van der Waals surface area contributed by atoms with Crippen LogP contribution in [0.3, 0.4) is 0 Å². The van der Waals surface area contributed by atoms with Gasteiger partial charge < -0.3 is 5.73 Å². The van der Waals surface area contributed by atoms with Crippen molar-refractivity contribution in [2.45, 2.75) is 6.92 Å². The van der Waals surface area contributed by atoms with Gasteiger partial charge in [-0.25, -0.2) is 9.07 Å². The van der Waals surface area contributed by atoms with Crippen LogP contribution in [0.5, 0.6) is 0 Å². The zero-order chi connectivity index (χ0) is 15.0. The van der Waals surface area contributed by atoms with E-state index in [1.54, 1.807) is 48.1 Å². The monoisotopic (exact) mass is 302 g/mol. The maximum atomic E-state index is 13.3. The Kier molecular flexibility index (Phi) is 3.35. The molecule has 0 bridgehead atoms. The first-order valence-electron chi connectivity index (χ1n) is 6.29. The minimum absolute atomic E-state index is 0.243. The van der Waals surface area contributed by atoms with Crippen LogP contribution in [0.1, 0.15) is 5.56 Å². The fraction of sp³-hybridized carbons (Fsp3) is 0.0667. The van der Waals surface area contributed by atoms with Crippen molar-refractivity contribution in [2.75, 3.05) is 5.73 Å². The Balaban J connectivity index is 2.01. The summed E-state index contributed by atoms with van der Waals surface area (Å²) >= 11 is 6.15. The van der Waals surface area contributed by atoms with E-state index < -0.39 is 0 Å². The Labute approximate surface area is 126 Å². The van der Waals surface area contributed by atoms with E-state index in [4.69, 9.17) is 17.3 Å². The van der Waals surface area contributed by atoms with Crippen LogP contribution in [0.4, 0.5) is 10.1 Å². The van der Waals surface area contributed by atoms with Crippen molar-refractivity contribution in [2.24, 2.45) is 0 Å². The van der Waals surface area contributed by atoms with Crippen LogP contribution >= 0.6 is 11.6 Å². The number of nitrogen functional groups attached to an aromatic ring is 1. The lowest BCUT2D eigenvalue weighted by atomic mass is 10.1. The van der Waals surface area contributed by atoms with Crippen molar-refractivity contribution < 1.29 is 4.39 Å². The molecular formula is C15H12ClFN4. The molecule has 0 fully saturated rings. The fourth-order valence-electron chi connectivity index (χ4n) is 2.03. The Morgan fingerprint density at radius 3 is 2.71 bits per heavy atom. The predicted octanol–water partition coefficient (Wildman–Crippen LogP) is 3.62. The number of rotatable bonds is 2. The van der Waals surface area contributed by atoms with E-state index in [2.05, 4.69) is 10.3 Å². The SMILES string of the molecule is Cc1cc(-c2cn(-c3ccc(N)cc3Cl)nn2)ccc1F. The van der Waals surface area contributed by atoms with E-state index in [1.807, 2.05) is 0 Å². The van der Waals surface area contributed by atoms with Crippen LogP contribution in [-0.4, -0.2) is 15.0 Å². The molecule has 4 nitrogen and oxygen atoms in total. The quantitative estimate of drug-likeness (QED) is 0.736.